The number of nitrogens with one attached hydrogen (secondary N) is 2. The van der Waals surface area contributed by atoms with Crippen LogP contribution in [0.5, 0.6) is 0 Å². The maximum Gasteiger partial charge on any atom is 0.326 e. The summed E-state index contributed by atoms with van der Waals surface area (Å²) < 4.78 is 0. The van der Waals surface area contributed by atoms with Crippen LogP contribution in [0.15, 0.2) is 12.2 Å². The Bertz CT molecular complexity index is 327. The van der Waals surface area contributed by atoms with Crippen LogP contribution >= 0.6 is 0 Å². The molecule has 0 saturated carbocycles. The van der Waals surface area contributed by atoms with E-state index in [9.17, 15) is 14.4 Å². The maximum absolute atomic E-state index is 11.3. The van der Waals surface area contributed by atoms with Gasteiger partial charge in [-0.05, 0) is 19.8 Å². The minimum absolute atomic E-state index is 0.146. The molecule has 0 aromatic heterocycles. The lowest BCUT2D eigenvalue weighted by Gasteiger charge is -2.13. The van der Waals surface area contributed by atoms with Gasteiger partial charge in [0.25, 0.3) is 0 Å². The van der Waals surface area contributed by atoms with Gasteiger partial charge in [0, 0.05) is 13.0 Å². The molecule has 18 heavy (non-hydrogen) atoms. The molecular weight excluding hydrogens is 240 g/mol. The van der Waals surface area contributed by atoms with Crippen molar-refractivity contribution in [3.63, 3.8) is 0 Å². The van der Waals surface area contributed by atoms with Gasteiger partial charge in [-0.2, -0.15) is 0 Å². The Morgan fingerprint density at radius 1 is 1.28 bits per heavy atom. The highest BCUT2D eigenvalue weighted by Gasteiger charge is 2.20. The number of hydrogen-bond acceptors (Lipinski definition) is 3. The van der Waals surface area contributed by atoms with Gasteiger partial charge in [-0.1, -0.05) is 12.2 Å². The summed E-state index contributed by atoms with van der Waals surface area (Å²) in [6.45, 7) is 2.24. The van der Waals surface area contributed by atoms with Crippen molar-refractivity contribution < 1.29 is 24.6 Å². The van der Waals surface area contributed by atoms with Gasteiger partial charge >= 0.3 is 18.0 Å². The van der Waals surface area contributed by atoms with Gasteiger partial charge < -0.3 is 20.8 Å². The standard InChI is InChI=1S/C11H18N2O5/c1-2-3-4-7-12-11(18)13-8(10(16)17)5-6-9(14)15/h2-3,8H,4-7H2,1H3,(H,14,15)(H,16,17)(H2,12,13,18)/b3-2+. The van der Waals surface area contributed by atoms with Gasteiger partial charge in [0.05, 0.1) is 0 Å². The molecule has 1 unspecified atom stereocenters. The minimum Gasteiger partial charge on any atom is -0.481 e. The van der Waals surface area contributed by atoms with Crippen molar-refractivity contribution >= 4 is 18.0 Å². The van der Waals surface area contributed by atoms with Crippen molar-refractivity contribution in [3.8, 4) is 0 Å². The third-order valence-electron chi connectivity index (χ3n) is 2.08. The zero-order chi connectivity index (χ0) is 14.0. The molecule has 0 rings (SSSR count). The van der Waals surface area contributed by atoms with Crippen LogP contribution in [0.4, 0.5) is 4.79 Å². The van der Waals surface area contributed by atoms with E-state index in [4.69, 9.17) is 10.2 Å². The van der Waals surface area contributed by atoms with E-state index in [1.165, 1.54) is 0 Å². The molecule has 102 valence electrons. The average molecular weight is 258 g/mol. The predicted molar refractivity (Wildman–Crippen MR) is 64.3 cm³/mol. The zero-order valence-corrected chi connectivity index (χ0v) is 10.2. The van der Waals surface area contributed by atoms with Gasteiger partial charge in [-0.3, -0.25) is 4.79 Å². The van der Waals surface area contributed by atoms with E-state index in [1.807, 2.05) is 19.1 Å². The third kappa shape index (κ3) is 8.14. The number of rotatable bonds is 8. The van der Waals surface area contributed by atoms with Crippen LogP contribution in [0.25, 0.3) is 0 Å². The van der Waals surface area contributed by atoms with E-state index in [1.54, 1.807) is 0 Å². The van der Waals surface area contributed by atoms with Gasteiger partial charge in [-0.15, -0.1) is 0 Å². The van der Waals surface area contributed by atoms with E-state index >= 15 is 0 Å². The van der Waals surface area contributed by atoms with Crippen molar-refractivity contribution in [2.75, 3.05) is 6.54 Å². The number of hydrogen-bond donors (Lipinski definition) is 4. The first-order chi connectivity index (χ1) is 8.47. The molecule has 7 heteroatoms. The van der Waals surface area contributed by atoms with Crippen molar-refractivity contribution in [3.05, 3.63) is 12.2 Å². The quantitative estimate of drug-likeness (QED) is 0.375. The Morgan fingerprint density at radius 2 is 1.94 bits per heavy atom. The maximum atomic E-state index is 11.3. The molecule has 0 spiro atoms. The molecule has 0 fully saturated rings. The number of carbonyl (C=O) groups is 3. The summed E-state index contributed by atoms with van der Waals surface area (Å²) in [4.78, 5) is 32.4. The summed E-state index contributed by atoms with van der Waals surface area (Å²) in [6.07, 6.45) is 3.89. The van der Waals surface area contributed by atoms with E-state index in [0.29, 0.717) is 13.0 Å². The predicted octanol–water partition coefficient (Wildman–Crippen LogP) is 0.570. The Labute approximate surface area is 105 Å². The SMILES string of the molecule is C/C=C/CCNC(=O)NC(CCC(=O)O)C(=O)O. The van der Waals surface area contributed by atoms with E-state index < -0.39 is 24.0 Å². The summed E-state index contributed by atoms with van der Waals surface area (Å²) >= 11 is 0. The second-order valence-electron chi connectivity index (χ2n) is 3.58. The highest BCUT2D eigenvalue weighted by molar-refractivity contribution is 5.82. The van der Waals surface area contributed by atoms with Crippen LogP contribution in [0, 0.1) is 0 Å². The van der Waals surface area contributed by atoms with Gasteiger partial charge in [0.15, 0.2) is 0 Å². The van der Waals surface area contributed by atoms with Gasteiger partial charge in [0.2, 0.25) is 0 Å². The molecule has 0 aromatic rings. The highest BCUT2D eigenvalue weighted by Crippen LogP contribution is 1.97. The van der Waals surface area contributed by atoms with Crippen LogP contribution in [0.1, 0.15) is 26.2 Å². The van der Waals surface area contributed by atoms with Crippen molar-refractivity contribution in [2.45, 2.75) is 32.2 Å². The lowest BCUT2D eigenvalue weighted by Crippen LogP contribution is -2.46. The average Bonchev–Trinajstić information content (AvgIpc) is 2.29. The number of carboxylic acid groups (broad SMARTS) is 2. The first kappa shape index (κ1) is 16.0. The number of allylic oxidation sites excluding steroid dienone is 1. The normalized spacial score (nSPS) is 12.1. The number of carbonyl (C=O) groups excluding carboxylic acids is 1. The topological polar surface area (TPSA) is 116 Å². The minimum atomic E-state index is -1.25. The molecule has 0 aliphatic heterocycles. The Morgan fingerprint density at radius 3 is 2.44 bits per heavy atom. The zero-order valence-electron chi connectivity index (χ0n) is 10.2. The summed E-state index contributed by atoms with van der Waals surface area (Å²) in [7, 11) is 0. The Kier molecular flexibility index (Phi) is 8.00. The van der Waals surface area contributed by atoms with Gasteiger partial charge in [-0.25, -0.2) is 9.59 Å². The van der Waals surface area contributed by atoms with Crippen LogP contribution in [0.2, 0.25) is 0 Å². The fourth-order valence-corrected chi connectivity index (χ4v) is 1.17. The van der Waals surface area contributed by atoms with Crippen LogP contribution in [0.3, 0.4) is 0 Å². The molecular formula is C11H18N2O5. The fourth-order valence-electron chi connectivity index (χ4n) is 1.17. The highest BCUT2D eigenvalue weighted by atomic mass is 16.4. The van der Waals surface area contributed by atoms with Crippen LogP contribution < -0.4 is 10.6 Å². The molecule has 0 aliphatic carbocycles. The van der Waals surface area contributed by atoms with Crippen LogP contribution in [-0.4, -0.2) is 40.8 Å². The first-order valence-electron chi connectivity index (χ1n) is 5.57. The summed E-state index contributed by atoms with van der Waals surface area (Å²) in [5.74, 6) is -2.35. The lowest BCUT2D eigenvalue weighted by atomic mass is 10.1. The molecule has 0 heterocycles. The summed E-state index contributed by atoms with van der Waals surface area (Å²) in [5, 5.41) is 21.9. The second-order valence-corrected chi connectivity index (χ2v) is 3.58. The van der Waals surface area contributed by atoms with Crippen molar-refractivity contribution in [1.29, 1.82) is 0 Å². The van der Waals surface area contributed by atoms with E-state index in [2.05, 4.69) is 10.6 Å². The number of urea groups is 1. The summed E-state index contributed by atoms with van der Waals surface area (Å²) in [5.41, 5.74) is 0. The molecule has 7 nitrogen and oxygen atoms in total. The molecule has 0 radical (unpaired) electrons. The largest absolute Gasteiger partial charge is 0.481 e. The van der Waals surface area contributed by atoms with Gasteiger partial charge in [0.1, 0.15) is 6.04 Å². The Balaban J connectivity index is 4.03. The number of carboxylic acids is 2. The molecule has 0 aliphatic rings. The van der Waals surface area contributed by atoms with Crippen LogP contribution in [-0.2, 0) is 9.59 Å². The first-order valence-corrected chi connectivity index (χ1v) is 5.57. The van der Waals surface area contributed by atoms with Crippen molar-refractivity contribution in [1.82, 2.24) is 10.6 Å². The second kappa shape index (κ2) is 9.03. The third-order valence-corrected chi connectivity index (χ3v) is 2.08. The Hall–Kier alpha value is -2.05. The fraction of sp³-hybridized carbons (Fsp3) is 0.545. The molecule has 1 atom stereocenters. The van der Waals surface area contributed by atoms with E-state index in [0.717, 1.165) is 0 Å². The molecule has 0 saturated heterocycles. The molecule has 0 aromatic carbocycles. The smallest absolute Gasteiger partial charge is 0.326 e. The summed E-state index contributed by atoms with van der Waals surface area (Å²) in [6, 6.07) is -1.81. The number of aliphatic carboxylic acids is 2. The molecule has 2 amide bonds. The van der Waals surface area contributed by atoms with E-state index in [-0.39, 0.29) is 12.8 Å². The lowest BCUT2D eigenvalue weighted by molar-refractivity contribution is -0.140. The molecule has 0 bridgehead atoms. The van der Waals surface area contributed by atoms with Crippen molar-refractivity contribution in [2.24, 2.45) is 0 Å². The monoisotopic (exact) mass is 258 g/mol. The number of amides is 2. The molecule has 4 N–H and O–H groups in total.